The first-order valence-electron chi connectivity index (χ1n) is 7.30. The molecular formula is C14H23N5O. The second-order valence-corrected chi connectivity index (χ2v) is 4.96. The van der Waals surface area contributed by atoms with Crippen molar-refractivity contribution >= 4 is 11.7 Å². The lowest BCUT2D eigenvalue weighted by molar-refractivity contribution is -0.119. The highest BCUT2D eigenvalue weighted by Gasteiger charge is 2.21. The van der Waals surface area contributed by atoms with Gasteiger partial charge in [0, 0.05) is 25.2 Å². The Morgan fingerprint density at radius 3 is 2.70 bits per heavy atom. The second kappa shape index (κ2) is 6.65. The molecule has 1 aliphatic rings. The van der Waals surface area contributed by atoms with Crippen LogP contribution in [0.4, 0.5) is 5.82 Å². The molecule has 1 aromatic rings. The SMILES string of the molecule is CCc1nnc(N2CCCNC(=O)C2)c(CN)c1CC. The van der Waals surface area contributed by atoms with Gasteiger partial charge >= 0.3 is 0 Å². The summed E-state index contributed by atoms with van der Waals surface area (Å²) in [6.07, 6.45) is 2.65. The normalized spacial score (nSPS) is 15.9. The molecule has 20 heavy (non-hydrogen) atoms. The Hall–Kier alpha value is -1.69. The molecule has 0 spiro atoms. The van der Waals surface area contributed by atoms with Crippen molar-refractivity contribution in [2.75, 3.05) is 24.5 Å². The van der Waals surface area contributed by atoms with E-state index in [0.717, 1.165) is 42.9 Å². The highest BCUT2D eigenvalue weighted by molar-refractivity contribution is 5.81. The van der Waals surface area contributed by atoms with Gasteiger partial charge in [0.05, 0.1) is 12.2 Å². The Kier molecular flexibility index (Phi) is 4.89. The first-order chi connectivity index (χ1) is 9.71. The Bertz CT molecular complexity index is 489. The van der Waals surface area contributed by atoms with E-state index in [1.807, 2.05) is 4.90 Å². The van der Waals surface area contributed by atoms with E-state index in [9.17, 15) is 4.79 Å². The summed E-state index contributed by atoms with van der Waals surface area (Å²) < 4.78 is 0. The van der Waals surface area contributed by atoms with Crippen LogP contribution in [0.1, 0.15) is 37.1 Å². The zero-order valence-electron chi connectivity index (χ0n) is 12.3. The van der Waals surface area contributed by atoms with E-state index in [1.54, 1.807) is 0 Å². The fraction of sp³-hybridized carbons (Fsp3) is 0.643. The Labute approximate surface area is 119 Å². The number of aromatic nitrogens is 2. The number of aryl methyl sites for hydroxylation is 1. The zero-order chi connectivity index (χ0) is 14.5. The van der Waals surface area contributed by atoms with E-state index in [0.29, 0.717) is 19.6 Å². The maximum Gasteiger partial charge on any atom is 0.239 e. The number of anilines is 1. The predicted octanol–water partition coefficient (Wildman–Crippen LogP) is 0.386. The molecule has 0 bridgehead atoms. The molecule has 3 N–H and O–H groups in total. The third kappa shape index (κ3) is 2.90. The highest BCUT2D eigenvalue weighted by atomic mass is 16.2. The number of nitrogens with one attached hydrogen (secondary N) is 1. The Balaban J connectivity index is 2.42. The largest absolute Gasteiger partial charge is 0.354 e. The molecule has 0 aromatic carbocycles. The summed E-state index contributed by atoms with van der Waals surface area (Å²) >= 11 is 0. The maximum atomic E-state index is 11.7. The number of carbonyl (C=O) groups excluding carboxylic acids is 1. The molecule has 1 fully saturated rings. The summed E-state index contributed by atoms with van der Waals surface area (Å²) in [4.78, 5) is 13.7. The van der Waals surface area contributed by atoms with Crippen LogP contribution in [0.25, 0.3) is 0 Å². The molecule has 6 heteroatoms. The molecule has 0 saturated carbocycles. The van der Waals surface area contributed by atoms with Crippen LogP contribution in [0.5, 0.6) is 0 Å². The molecule has 1 amide bonds. The van der Waals surface area contributed by atoms with E-state index in [2.05, 4.69) is 29.4 Å². The van der Waals surface area contributed by atoms with Gasteiger partial charge in [-0.25, -0.2) is 0 Å². The van der Waals surface area contributed by atoms with Crippen LogP contribution in [0.3, 0.4) is 0 Å². The van der Waals surface area contributed by atoms with Gasteiger partial charge in [0.15, 0.2) is 5.82 Å². The summed E-state index contributed by atoms with van der Waals surface area (Å²) in [5.74, 6) is 0.809. The molecule has 1 saturated heterocycles. The second-order valence-electron chi connectivity index (χ2n) is 4.96. The van der Waals surface area contributed by atoms with Crippen molar-refractivity contribution in [1.29, 1.82) is 0 Å². The van der Waals surface area contributed by atoms with Crippen LogP contribution < -0.4 is 16.0 Å². The van der Waals surface area contributed by atoms with Crippen molar-refractivity contribution in [2.24, 2.45) is 5.73 Å². The van der Waals surface area contributed by atoms with Crippen molar-refractivity contribution < 1.29 is 4.79 Å². The number of nitrogens with zero attached hydrogens (tertiary/aromatic N) is 3. The van der Waals surface area contributed by atoms with E-state index < -0.39 is 0 Å². The van der Waals surface area contributed by atoms with E-state index in [-0.39, 0.29) is 5.91 Å². The van der Waals surface area contributed by atoms with Crippen LogP contribution >= 0.6 is 0 Å². The minimum atomic E-state index is 0.0323. The van der Waals surface area contributed by atoms with Gasteiger partial charge in [-0.3, -0.25) is 4.79 Å². The summed E-state index contributed by atoms with van der Waals surface area (Å²) in [6.45, 7) is 6.45. The third-order valence-electron chi connectivity index (χ3n) is 3.70. The third-order valence-corrected chi connectivity index (χ3v) is 3.70. The Morgan fingerprint density at radius 1 is 1.25 bits per heavy atom. The van der Waals surface area contributed by atoms with E-state index in [4.69, 9.17) is 5.73 Å². The average molecular weight is 277 g/mol. The van der Waals surface area contributed by atoms with Crippen LogP contribution in [0.15, 0.2) is 0 Å². The lowest BCUT2D eigenvalue weighted by Gasteiger charge is -2.24. The molecule has 6 nitrogen and oxygen atoms in total. The van der Waals surface area contributed by atoms with Crippen LogP contribution in [0, 0.1) is 0 Å². The quantitative estimate of drug-likeness (QED) is 0.831. The maximum absolute atomic E-state index is 11.7. The number of rotatable bonds is 4. The fourth-order valence-corrected chi connectivity index (χ4v) is 2.69. The molecule has 110 valence electrons. The van der Waals surface area contributed by atoms with E-state index >= 15 is 0 Å². The van der Waals surface area contributed by atoms with Gasteiger partial charge in [-0.2, -0.15) is 5.10 Å². The average Bonchev–Trinajstić information content (AvgIpc) is 2.69. The number of hydrogen-bond acceptors (Lipinski definition) is 5. The molecule has 0 radical (unpaired) electrons. The minimum absolute atomic E-state index is 0.0323. The smallest absolute Gasteiger partial charge is 0.239 e. The van der Waals surface area contributed by atoms with Crippen molar-refractivity contribution in [3.63, 3.8) is 0 Å². The van der Waals surface area contributed by atoms with Crippen LogP contribution in [-0.2, 0) is 24.2 Å². The number of nitrogens with two attached hydrogens (primary N) is 1. The van der Waals surface area contributed by atoms with Crippen LogP contribution in [0.2, 0.25) is 0 Å². The lowest BCUT2D eigenvalue weighted by atomic mass is 10.0. The van der Waals surface area contributed by atoms with Gasteiger partial charge in [0.2, 0.25) is 5.91 Å². The first-order valence-corrected chi connectivity index (χ1v) is 7.30. The molecule has 1 aliphatic heterocycles. The van der Waals surface area contributed by atoms with Crippen LogP contribution in [-0.4, -0.2) is 35.7 Å². The molecule has 0 aliphatic carbocycles. The number of amides is 1. The lowest BCUT2D eigenvalue weighted by Crippen LogP contribution is -2.35. The summed E-state index contributed by atoms with van der Waals surface area (Å²) in [5.41, 5.74) is 9.17. The monoisotopic (exact) mass is 277 g/mol. The van der Waals surface area contributed by atoms with Gasteiger partial charge in [0.25, 0.3) is 0 Å². The number of carbonyl (C=O) groups is 1. The first kappa shape index (κ1) is 14.7. The summed E-state index contributed by atoms with van der Waals surface area (Å²) in [5, 5.41) is 11.5. The van der Waals surface area contributed by atoms with Gasteiger partial charge in [-0.15, -0.1) is 5.10 Å². The van der Waals surface area contributed by atoms with Crippen molar-refractivity contribution in [3.05, 3.63) is 16.8 Å². The fourth-order valence-electron chi connectivity index (χ4n) is 2.69. The molecule has 2 heterocycles. The summed E-state index contributed by atoms with van der Waals surface area (Å²) in [7, 11) is 0. The minimum Gasteiger partial charge on any atom is -0.354 e. The molecule has 0 atom stereocenters. The van der Waals surface area contributed by atoms with Gasteiger partial charge in [-0.05, 0) is 24.8 Å². The predicted molar refractivity (Wildman–Crippen MR) is 78.5 cm³/mol. The van der Waals surface area contributed by atoms with Gasteiger partial charge < -0.3 is 16.0 Å². The van der Waals surface area contributed by atoms with Crippen molar-refractivity contribution in [3.8, 4) is 0 Å². The van der Waals surface area contributed by atoms with E-state index in [1.165, 1.54) is 5.56 Å². The van der Waals surface area contributed by atoms with Crippen molar-refractivity contribution in [1.82, 2.24) is 15.5 Å². The Morgan fingerprint density at radius 2 is 2.05 bits per heavy atom. The van der Waals surface area contributed by atoms with Crippen molar-refractivity contribution in [2.45, 2.75) is 39.7 Å². The highest BCUT2D eigenvalue weighted by Crippen LogP contribution is 2.24. The number of hydrogen-bond donors (Lipinski definition) is 2. The van der Waals surface area contributed by atoms with Gasteiger partial charge in [0.1, 0.15) is 0 Å². The standard InChI is InChI=1S/C14H23N5O/c1-3-10-11(8-15)14(18-17-12(10)4-2)19-7-5-6-16-13(20)9-19/h3-9,15H2,1-2H3,(H,16,20). The summed E-state index contributed by atoms with van der Waals surface area (Å²) in [6, 6.07) is 0. The zero-order valence-corrected chi connectivity index (χ0v) is 12.3. The topological polar surface area (TPSA) is 84.1 Å². The molecule has 2 rings (SSSR count). The molecule has 1 aromatic heterocycles. The molecule has 0 unspecified atom stereocenters. The van der Waals surface area contributed by atoms with Gasteiger partial charge in [-0.1, -0.05) is 13.8 Å². The molecular weight excluding hydrogens is 254 g/mol.